The fourth-order valence-corrected chi connectivity index (χ4v) is 2.30. The van der Waals surface area contributed by atoms with E-state index < -0.39 is 6.03 Å². The summed E-state index contributed by atoms with van der Waals surface area (Å²) in [5, 5.41) is 9.99. The van der Waals surface area contributed by atoms with Gasteiger partial charge in [0.05, 0.1) is 0 Å². The highest BCUT2D eigenvalue weighted by molar-refractivity contribution is 6.35. The molecular weight excluding hydrogens is 341 g/mol. The Labute approximate surface area is 140 Å². The summed E-state index contributed by atoms with van der Waals surface area (Å²) in [5.41, 5.74) is 0.463. The SMILES string of the molecule is O=C(Nc1cc(Cl)cc(Cl)c1)Nc1cc(-n2cncn2)ncn1. The second-order valence-electron chi connectivity index (χ2n) is 4.34. The number of hydrogen-bond acceptors (Lipinski definition) is 5. The molecule has 2 heterocycles. The standard InChI is InChI=1S/C13H9Cl2N7O/c14-8-1-9(15)3-10(2-8)20-13(23)21-11-4-12(18-6-17-11)22-7-16-5-19-22/h1-7H,(H2,17,18,20,21,23). The summed E-state index contributed by atoms with van der Waals surface area (Å²) >= 11 is 11.8. The normalized spacial score (nSPS) is 10.3. The molecule has 0 fully saturated rings. The van der Waals surface area contributed by atoms with Crippen LogP contribution in [0.25, 0.3) is 5.82 Å². The predicted molar refractivity (Wildman–Crippen MR) is 86.1 cm³/mol. The molecule has 0 bridgehead atoms. The largest absolute Gasteiger partial charge is 0.324 e. The zero-order chi connectivity index (χ0) is 16.2. The van der Waals surface area contributed by atoms with Crippen molar-refractivity contribution in [3.8, 4) is 5.82 Å². The summed E-state index contributed by atoms with van der Waals surface area (Å²) in [6, 6.07) is 5.79. The van der Waals surface area contributed by atoms with Crippen molar-refractivity contribution in [2.45, 2.75) is 0 Å². The van der Waals surface area contributed by atoms with Crippen LogP contribution in [0.5, 0.6) is 0 Å². The van der Waals surface area contributed by atoms with E-state index in [9.17, 15) is 4.79 Å². The second kappa shape index (κ2) is 6.59. The van der Waals surface area contributed by atoms with E-state index in [4.69, 9.17) is 23.2 Å². The lowest BCUT2D eigenvalue weighted by molar-refractivity contribution is 0.262. The van der Waals surface area contributed by atoms with Crippen LogP contribution in [0.1, 0.15) is 0 Å². The predicted octanol–water partition coefficient (Wildman–Crippen LogP) is 3.01. The number of urea groups is 1. The van der Waals surface area contributed by atoms with Gasteiger partial charge in [0, 0.05) is 21.8 Å². The average Bonchev–Trinajstić information content (AvgIpc) is 3.00. The topological polar surface area (TPSA) is 97.6 Å². The van der Waals surface area contributed by atoms with Gasteiger partial charge in [0.25, 0.3) is 0 Å². The quantitative estimate of drug-likeness (QED) is 0.757. The maximum absolute atomic E-state index is 12.0. The molecule has 1 aromatic carbocycles. The first-order valence-electron chi connectivity index (χ1n) is 6.31. The van der Waals surface area contributed by atoms with Gasteiger partial charge in [0.2, 0.25) is 0 Å². The Morgan fingerprint density at radius 2 is 1.78 bits per heavy atom. The van der Waals surface area contributed by atoms with Crippen LogP contribution in [0, 0.1) is 0 Å². The molecule has 10 heteroatoms. The first kappa shape index (κ1) is 15.2. The number of anilines is 2. The van der Waals surface area contributed by atoms with Crippen molar-refractivity contribution in [1.82, 2.24) is 24.7 Å². The monoisotopic (exact) mass is 349 g/mol. The Balaban J connectivity index is 1.71. The van der Waals surface area contributed by atoms with E-state index >= 15 is 0 Å². The maximum Gasteiger partial charge on any atom is 0.324 e. The lowest BCUT2D eigenvalue weighted by Crippen LogP contribution is -2.20. The van der Waals surface area contributed by atoms with Gasteiger partial charge in [0.15, 0.2) is 5.82 Å². The molecule has 8 nitrogen and oxygen atoms in total. The van der Waals surface area contributed by atoms with E-state index in [1.165, 1.54) is 23.7 Å². The van der Waals surface area contributed by atoms with Gasteiger partial charge in [-0.25, -0.2) is 24.4 Å². The molecule has 0 atom stereocenters. The average molecular weight is 350 g/mol. The number of halogens is 2. The summed E-state index contributed by atoms with van der Waals surface area (Å²) < 4.78 is 1.45. The van der Waals surface area contributed by atoms with Crippen molar-refractivity contribution >= 4 is 40.7 Å². The van der Waals surface area contributed by atoms with Crippen molar-refractivity contribution in [2.75, 3.05) is 10.6 Å². The third-order valence-corrected chi connectivity index (χ3v) is 3.10. The van der Waals surface area contributed by atoms with Crippen LogP contribution in [0.3, 0.4) is 0 Å². The number of rotatable bonds is 3. The van der Waals surface area contributed by atoms with Crippen LogP contribution in [-0.4, -0.2) is 30.8 Å². The Kier molecular flexibility index (Phi) is 4.35. The van der Waals surface area contributed by atoms with Crippen molar-refractivity contribution in [1.29, 1.82) is 0 Å². The van der Waals surface area contributed by atoms with Crippen LogP contribution in [0.15, 0.2) is 43.2 Å². The van der Waals surface area contributed by atoms with E-state index in [2.05, 4.69) is 30.7 Å². The minimum Gasteiger partial charge on any atom is -0.308 e. The second-order valence-corrected chi connectivity index (χ2v) is 5.21. The van der Waals surface area contributed by atoms with Crippen LogP contribution < -0.4 is 10.6 Å². The maximum atomic E-state index is 12.0. The molecule has 0 spiro atoms. The van der Waals surface area contributed by atoms with Crippen LogP contribution >= 0.6 is 23.2 Å². The van der Waals surface area contributed by atoms with Crippen LogP contribution in [0.2, 0.25) is 10.0 Å². The zero-order valence-corrected chi connectivity index (χ0v) is 13.0. The molecule has 0 saturated carbocycles. The molecule has 0 aliphatic heterocycles. The Morgan fingerprint density at radius 1 is 1.00 bits per heavy atom. The highest BCUT2D eigenvalue weighted by atomic mass is 35.5. The minimum absolute atomic E-state index is 0.302. The van der Waals surface area contributed by atoms with Crippen molar-refractivity contribution in [2.24, 2.45) is 0 Å². The molecule has 116 valence electrons. The van der Waals surface area contributed by atoms with Crippen molar-refractivity contribution in [3.05, 3.63) is 53.3 Å². The molecule has 2 amide bonds. The third kappa shape index (κ3) is 3.93. The third-order valence-electron chi connectivity index (χ3n) is 2.67. The molecule has 3 aromatic rings. The molecule has 3 rings (SSSR count). The summed E-state index contributed by atoms with van der Waals surface area (Å²) in [4.78, 5) is 23.8. The number of aromatic nitrogens is 5. The summed E-state index contributed by atoms with van der Waals surface area (Å²) in [5.74, 6) is 0.773. The molecule has 23 heavy (non-hydrogen) atoms. The molecule has 0 saturated heterocycles. The molecular formula is C13H9Cl2N7O. The van der Waals surface area contributed by atoms with Gasteiger partial charge in [-0.1, -0.05) is 23.2 Å². The molecule has 0 aliphatic rings. The van der Waals surface area contributed by atoms with Gasteiger partial charge in [-0.3, -0.25) is 5.32 Å². The summed E-state index contributed by atoms with van der Waals surface area (Å²) in [6.45, 7) is 0. The lowest BCUT2D eigenvalue weighted by Gasteiger charge is -2.08. The van der Waals surface area contributed by atoms with Gasteiger partial charge >= 0.3 is 6.03 Å². The van der Waals surface area contributed by atoms with E-state index in [0.29, 0.717) is 27.4 Å². The van der Waals surface area contributed by atoms with Crippen LogP contribution in [-0.2, 0) is 0 Å². The fraction of sp³-hybridized carbons (Fsp3) is 0. The van der Waals surface area contributed by atoms with E-state index in [1.807, 2.05) is 0 Å². The van der Waals surface area contributed by atoms with Gasteiger partial charge in [0.1, 0.15) is 24.8 Å². The van der Waals surface area contributed by atoms with Gasteiger partial charge in [-0.2, -0.15) is 5.10 Å². The van der Waals surface area contributed by atoms with E-state index in [1.54, 1.807) is 24.3 Å². The van der Waals surface area contributed by atoms with Crippen molar-refractivity contribution < 1.29 is 4.79 Å². The summed E-state index contributed by atoms with van der Waals surface area (Å²) in [7, 11) is 0. The number of carbonyl (C=O) groups excluding carboxylic acids is 1. The number of hydrogen-bond donors (Lipinski definition) is 2. The number of amides is 2. The number of carbonyl (C=O) groups is 1. The number of nitrogens with one attached hydrogen (secondary N) is 2. The van der Waals surface area contributed by atoms with Gasteiger partial charge in [-0.05, 0) is 18.2 Å². The Bertz CT molecular complexity index is 818. The van der Waals surface area contributed by atoms with E-state index in [-0.39, 0.29) is 0 Å². The smallest absolute Gasteiger partial charge is 0.308 e. The van der Waals surface area contributed by atoms with Gasteiger partial charge < -0.3 is 5.32 Å². The minimum atomic E-state index is -0.494. The molecule has 0 aliphatic carbocycles. The first-order chi connectivity index (χ1) is 11.1. The lowest BCUT2D eigenvalue weighted by atomic mass is 10.3. The van der Waals surface area contributed by atoms with Crippen molar-refractivity contribution in [3.63, 3.8) is 0 Å². The Hall–Kier alpha value is -2.71. The van der Waals surface area contributed by atoms with Crippen LogP contribution in [0.4, 0.5) is 16.3 Å². The number of benzene rings is 1. The van der Waals surface area contributed by atoms with Gasteiger partial charge in [-0.15, -0.1) is 0 Å². The fourth-order valence-electron chi connectivity index (χ4n) is 1.77. The Morgan fingerprint density at radius 3 is 2.48 bits per heavy atom. The molecule has 2 aromatic heterocycles. The molecule has 0 unspecified atom stereocenters. The zero-order valence-electron chi connectivity index (χ0n) is 11.4. The first-order valence-corrected chi connectivity index (χ1v) is 7.07. The summed E-state index contributed by atoms with van der Waals surface area (Å²) in [6.07, 6.45) is 4.17. The highest BCUT2D eigenvalue weighted by Crippen LogP contribution is 2.22. The van der Waals surface area contributed by atoms with E-state index in [0.717, 1.165) is 0 Å². The molecule has 0 radical (unpaired) electrons. The number of nitrogens with zero attached hydrogens (tertiary/aromatic N) is 5. The highest BCUT2D eigenvalue weighted by Gasteiger charge is 2.07. The molecule has 2 N–H and O–H groups in total.